The van der Waals surface area contributed by atoms with Gasteiger partial charge in [0, 0.05) is 24.2 Å². The van der Waals surface area contributed by atoms with E-state index in [0.29, 0.717) is 12.5 Å². The largest absolute Gasteiger partial charge is 0.366 e. The van der Waals surface area contributed by atoms with Crippen LogP contribution in [0.15, 0.2) is 49.1 Å². The molecule has 1 aromatic heterocycles. The summed E-state index contributed by atoms with van der Waals surface area (Å²) in [5, 5.41) is 6.45. The summed E-state index contributed by atoms with van der Waals surface area (Å²) >= 11 is 0. The highest BCUT2D eigenvalue weighted by Gasteiger charge is 2.07. The monoisotopic (exact) mass is 268 g/mol. The number of aromatic nitrogens is 2. The highest BCUT2D eigenvalue weighted by molar-refractivity contribution is 5.64. The van der Waals surface area contributed by atoms with Crippen LogP contribution in [0.5, 0.6) is 0 Å². The van der Waals surface area contributed by atoms with Gasteiger partial charge in [-0.25, -0.2) is 4.98 Å². The van der Waals surface area contributed by atoms with E-state index in [2.05, 4.69) is 41.0 Å². The van der Waals surface area contributed by atoms with E-state index >= 15 is 0 Å². The zero-order valence-corrected chi connectivity index (χ0v) is 11.9. The molecule has 0 aliphatic carbocycles. The standard InChI is InChI=1S/C16H20N4/c1-4-10-17-15-11-14(13-8-6-5-7-9-13)19-16(20-15)18-12(2)3/h4-9,11-12H,1,10H2,2-3H3,(H2,17,18,19,20). The van der Waals surface area contributed by atoms with Crippen LogP contribution < -0.4 is 10.6 Å². The number of anilines is 2. The van der Waals surface area contributed by atoms with Gasteiger partial charge in [0.05, 0.1) is 5.69 Å². The molecule has 2 N–H and O–H groups in total. The highest BCUT2D eigenvalue weighted by atomic mass is 15.1. The first-order chi connectivity index (χ1) is 9.69. The van der Waals surface area contributed by atoms with Crippen LogP contribution in [0, 0.1) is 0 Å². The lowest BCUT2D eigenvalue weighted by Gasteiger charge is -2.12. The Labute approximate surface area is 120 Å². The summed E-state index contributed by atoms with van der Waals surface area (Å²) < 4.78 is 0. The molecule has 0 amide bonds. The number of rotatable bonds is 6. The average Bonchev–Trinajstić information content (AvgIpc) is 2.45. The molecule has 2 rings (SSSR count). The van der Waals surface area contributed by atoms with E-state index in [9.17, 15) is 0 Å². The zero-order chi connectivity index (χ0) is 14.4. The highest BCUT2D eigenvalue weighted by Crippen LogP contribution is 2.21. The van der Waals surface area contributed by atoms with Crippen molar-refractivity contribution in [1.82, 2.24) is 9.97 Å². The second-order valence-electron chi connectivity index (χ2n) is 4.80. The smallest absolute Gasteiger partial charge is 0.225 e. The van der Waals surface area contributed by atoms with Crippen LogP contribution in [0.4, 0.5) is 11.8 Å². The third-order valence-corrected chi connectivity index (χ3v) is 2.64. The van der Waals surface area contributed by atoms with Gasteiger partial charge < -0.3 is 10.6 Å². The van der Waals surface area contributed by atoms with E-state index in [1.165, 1.54) is 0 Å². The van der Waals surface area contributed by atoms with Crippen LogP contribution in [0.2, 0.25) is 0 Å². The minimum Gasteiger partial charge on any atom is -0.366 e. The van der Waals surface area contributed by atoms with Gasteiger partial charge in [0.15, 0.2) is 0 Å². The van der Waals surface area contributed by atoms with Crippen LogP contribution >= 0.6 is 0 Å². The Bertz CT molecular complexity index is 564. The van der Waals surface area contributed by atoms with Gasteiger partial charge in [0.1, 0.15) is 5.82 Å². The van der Waals surface area contributed by atoms with Crippen molar-refractivity contribution in [3.63, 3.8) is 0 Å². The van der Waals surface area contributed by atoms with Crippen molar-refractivity contribution in [3.05, 3.63) is 49.1 Å². The lowest BCUT2D eigenvalue weighted by atomic mass is 10.1. The summed E-state index contributed by atoms with van der Waals surface area (Å²) in [6.45, 7) is 8.51. The molecule has 1 heterocycles. The summed E-state index contributed by atoms with van der Waals surface area (Å²) in [6, 6.07) is 12.3. The SMILES string of the molecule is C=CCNc1cc(-c2ccccc2)nc(NC(C)C)n1. The quantitative estimate of drug-likeness (QED) is 0.786. The Balaban J connectivity index is 2.37. The van der Waals surface area contributed by atoms with E-state index in [0.717, 1.165) is 17.1 Å². The molecule has 1 aromatic carbocycles. The number of benzene rings is 1. The molecule has 4 nitrogen and oxygen atoms in total. The van der Waals surface area contributed by atoms with Crippen LogP contribution in [0.1, 0.15) is 13.8 Å². The van der Waals surface area contributed by atoms with Crippen molar-refractivity contribution in [3.8, 4) is 11.3 Å². The summed E-state index contributed by atoms with van der Waals surface area (Å²) in [5.41, 5.74) is 1.97. The lowest BCUT2D eigenvalue weighted by Crippen LogP contribution is -2.14. The maximum atomic E-state index is 4.56. The fourth-order valence-electron chi connectivity index (χ4n) is 1.79. The van der Waals surface area contributed by atoms with Crippen LogP contribution in [-0.4, -0.2) is 22.6 Å². The molecule has 0 saturated heterocycles. The Morgan fingerprint density at radius 3 is 2.60 bits per heavy atom. The molecule has 0 radical (unpaired) electrons. The van der Waals surface area contributed by atoms with E-state index in [4.69, 9.17) is 0 Å². The third kappa shape index (κ3) is 3.82. The Morgan fingerprint density at radius 1 is 1.20 bits per heavy atom. The molecule has 0 spiro atoms. The third-order valence-electron chi connectivity index (χ3n) is 2.64. The van der Waals surface area contributed by atoms with Gasteiger partial charge >= 0.3 is 0 Å². The summed E-state index contributed by atoms with van der Waals surface area (Å²) in [7, 11) is 0. The Hall–Kier alpha value is -2.36. The second-order valence-corrected chi connectivity index (χ2v) is 4.80. The van der Waals surface area contributed by atoms with Crippen molar-refractivity contribution in [2.45, 2.75) is 19.9 Å². The number of hydrogen-bond acceptors (Lipinski definition) is 4. The molecular weight excluding hydrogens is 248 g/mol. The van der Waals surface area contributed by atoms with Crippen molar-refractivity contribution in [2.24, 2.45) is 0 Å². The topological polar surface area (TPSA) is 49.8 Å². The van der Waals surface area contributed by atoms with Crippen molar-refractivity contribution in [1.29, 1.82) is 0 Å². The first-order valence-corrected chi connectivity index (χ1v) is 6.75. The Kier molecular flexibility index (Phi) is 4.71. The second kappa shape index (κ2) is 6.70. The lowest BCUT2D eigenvalue weighted by molar-refractivity contribution is 0.875. The minimum absolute atomic E-state index is 0.285. The molecule has 0 aliphatic heterocycles. The van der Waals surface area contributed by atoms with Crippen LogP contribution in [0.25, 0.3) is 11.3 Å². The van der Waals surface area contributed by atoms with Crippen molar-refractivity contribution in [2.75, 3.05) is 17.2 Å². The predicted octanol–water partition coefficient (Wildman–Crippen LogP) is 3.56. The molecule has 0 bridgehead atoms. The molecule has 2 aromatic rings. The number of hydrogen-bond donors (Lipinski definition) is 2. The average molecular weight is 268 g/mol. The first-order valence-electron chi connectivity index (χ1n) is 6.75. The van der Waals surface area contributed by atoms with Gasteiger partial charge in [0.2, 0.25) is 5.95 Å². The minimum atomic E-state index is 0.285. The van der Waals surface area contributed by atoms with Crippen molar-refractivity contribution < 1.29 is 0 Å². The van der Waals surface area contributed by atoms with Gasteiger partial charge in [0.25, 0.3) is 0 Å². The first kappa shape index (κ1) is 14.1. The molecule has 0 unspecified atom stereocenters. The van der Waals surface area contributed by atoms with Gasteiger partial charge in [-0.05, 0) is 13.8 Å². The maximum absolute atomic E-state index is 4.56. The predicted molar refractivity (Wildman–Crippen MR) is 84.9 cm³/mol. The van der Waals surface area contributed by atoms with E-state index in [1.54, 1.807) is 6.08 Å². The molecule has 4 heteroatoms. The van der Waals surface area contributed by atoms with Gasteiger partial charge in [-0.1, -0.05) is 36.4 Å². The van der Waals surface area contributed by atoms with Crippen LogP contribution in [0.3, 0.4) is 0 Å². The van der Waals surface area contributed by atoms with E-state index in [1.807, 2.05) is 36.4 Å². The maximum Gasteiger partial charge on any atom is 0.225 e. The normalized spacial score (nSPS) is 10.3. The Morgan fingerprint density at radius 2 is 1.95 bits per heavy atom. The molecule has 0 aliphatic rings. The number of nitrogens with zero attached hydrogens (tertiary/aromatic N) is 2. The van der Waals surface area contributed by atoms with Crippen LogP contribution in [-0.2, 0) is 0 Å². The van der Waals surface area contributed by atoms with E-state index < -0.39 is 0 Å². The molecular formula is C16H20N4. The molecule has 104 valence electrons. The fraction of sp³-hybridized carbons (Fsp3) is 0.250. The molecule has 20 heavy (non-hydrogen) atoms. The van der Waals surface area contributed by atoms with Gasteiger partial charge in [-0.2, -0.15) is 4.98 Å². The molecule has 0 saturated carbocycles. The number of nitrogens with one attached hydrogen (secondary N) is 2. The van der Waals surface area contributed by atoms with Gasteiger partial charge in [-0.15, -0.1) is 6.58 Å². The summed E-state index contributed by atoms with van der Waals surface area (Å²) in [6.07, 6.45) is 1.81. The fourth-order valence-corrected chi connectivity index (χ4v) is 1.79. The van der Waals surface area contributed by atoms with Crippen molar-refractivity contribution >= 4 is 11.8 Å². The van der Waals surface area contributed by atoms with E-state index in [-0.39, 0.29) is 6.04 Å². The molecule has 0 fully saturated rings. The zero-order valence-electron chi connectivity index (χ0n) is 11.9. The van der Waals surface area contributed by atoms with Gasteiger partial charge in [-0.3, -0.25) is 0 Å². The summed E-state index contributed by atoms with van der Waals surface area (Å²) in [4.78, 5) is 9.02. The summed E-state index contributed by atoms with van der Waals surface area (Å²) in [5.74, 6) is 1.43. The molecule has 0 atom stereocenters.